The topological polar surface area (TPSA) is 87.2 Å². The van der Waals surface area contributed by atoms with Crippen LogP contribution in [0, 0.1) is 11.3 Å². The fourth-order valence-electron chi connectivity index (χ4n) is 6.94. The molecule has 3 unspecified atom stereocenters. The fraction of sp³-hybridized carbons (Fsp3) is 0.655. The zero-order chi connectivity index (χ0) is 25.2. The molecule has 5 fully saturated rings. The lowest BCUT2D eigenvalue weighted by Gasteiger charge is -2.45. The molecule has 8 nitrogen and oxygen atoms in total. The summed E-state index contributed by atoms with van der Waals surface area (Å²) < 4.78 is 11.1. The van der Waals surface area contributed by atoms with Crippen LogP contribution in [0.25, 0.3) is 10.8 Å². The molecular weight excluding hydrogens is 468 g/mol. The van der Waals surface area contributed by atoms with Crippen LogP contribution in [0.5, 0.6) is 0 Å². The number of rotatable bonds is 5. The number of aromatic nitrogens is 1. The maximum Gasteiger partial charge on any atom is 0.229 e. The Morgan fingerprint density at radius 1 is 1.08 bits per heavy atom. The molecule has 1 amide bonds. The van der Waals surface area contributed by atoms with Crippen molar-refractivity contribution >= 4 is 28.2 Å². The Morgan fingerprint density at radius 2 is 1.86 bits per heavy atom. The summed E-state index contributed by atoms with van der Waals surface area (Å²) in [7, 11) is 0. The first-order valence-corrected chi connectivity index (χ1v) is 14.0. The van der Waals surface area contributed by atoms with Gasteiger partial charge in [0.25, 0.3) is 0 Å². The molecule has 3 saturated heterocycles. The van der Waals surface area contributed by atoms with Gasteiger partial charge in [0.1, 0.15) is 5.82 Å². The van der Waals surface area contributed by atoms with E-state index in [0.717, 1.165) is 69.4 Å². The van der Waals surface area contributed by atoms with E-state index in [2.05, 4.69) is 39.2 Å². The summed E-state index contributed by atoms with van der Waals surface area (Å²) in [6, 6.07) is 6.67. The first kappa shape index (κ1) is 23.8. The molecular formula is C29H38N4O4. The Balaban J connectivity index is 1.10. The van der Waals surface area contributed by atoms with Crippen LogP contribution in [-0.4, -0.2) is 85.1 Å². The van der Waals surface area contributed by atoms with E-state index >= 15 is 0 Å². The Hall–Kier alpha value is -2.26. The second-order valence-electron chi connectivity index (χ2n) is 12.2. The predicted octanol–water partition coefficient (Wildman–Crippen LogP) is 3.14. The van der Waals surface area contributed by atoms with Gasteiger partial charge in [0.15, 0.2) is 0 Å². The number of hydrogen-bond acceptors (Lipinski definition) is 7. The summed E-state index contributed by atoms with van der Waals surface area (Å²) in [5, 5.41) is 15.9. The number of carbonyl (C=O) groups is 1. The largest absolute Gasteiger partial charge is 0.389 e. The van der Waals surface area contributed by atoms with Gasteiger partial charge < -0.3 is 24.8 Å². The number of amides is 1. The van der Waals surface area contributed by atoms with E-state index in [4.69, 9.17) is 9.47 Å². The van der Waals surface area contributed by atoms with Crippen molar-refractivity contribution in [3.05, 3.63) is 30.0 Å². The molecule has 4 heterocycles. The minimum atomic E-state index is -0.431. The van der Waals surface area contributed by atoms with Crippen molar-refractivity contribution < 1.29 is 19.4 Å². The summed E-state index contributed by atoms with van der Waals surface area (Å²) >= 11 is 0. The van der Waals surface area contributed by atoms with Gasteiger partial charge in [-0.25, -0.2) is 4.98 Å². The third kappa shape index (κ3) is 4.22. The van der Waals surface area contributed by atoms with E-state index in [1.54, 1.807) is 0 Å². The van der Waals surface area contributed by atoms with Gasteiger partial charge in [0, 0.05) is 62.6 Å². The average Bonchev–Trinajstić information content (AvgIpc) is 3.84. The predicted molar refractivity (Wildman–Crippen MR) is 142 cm³/mol. The zero-order valence-electron chi connectivity index (χ0n) is 21.7. The number of benzene rings is 1. The van der Waals surface area contributed by atoms with Gasteiger partial charge in [-0.05, 0) is 79.5 Å². The zero-order valence-corrected chi connectivity index (χ0v) is 21.7. The Bertz CT molecular complexity index is 1200. The van der Waals surface area contributed by atoms with Crippen molar-refractivity contribution in [1.82, 2.24) is 9.88 Å². The molecule has 5 aliphatic rings. The lowest BCUT2D eigenvalue weighted by molar-refractivity contribution is -0.118. The highest BCUT2D eigenvalue weighted by atomic mass is 16.5. The quantitative estimate of drug-likeness (QED) is 0.644. The number of aliphatic hydroxyl groups is 1. The third-order valence-corrected chi connectivity index (χ3v) is 9.86. The normalized spacial score (nSPS) is 31.7. The molecule has 198 valence electrons. The molecule has 0 radical (unpaired) electrons. The summed E-state index contributed by atoms with van der Waals surface area (Å²) in [5.74, 6) is 1.46. The van der Waals surface area contributed by atoms with Crippen molar-refractivity contribution in [3.8, 4) is 0 Å². The highest BCUT2D eigenvalue weighted by Crippen LogP contribution is 2.59. The van der Waals surface area contributed by atoms with Crippen LogP contribution in [0.1, 0.15) is 50.5 Å². The van der Waals surface area contributed by atoms with E-state index < -0.39 is 6.10 Å². The van der Waals surface area contributed by atoms with E-state index in [9.17, 15) is 9.90 Å². The average molecular weight is 507 g/mol. The number of anilines is 2. The first-order valence-electron chi connectivity index (χ1n) is 14.0. The van der Waals surface area contributed by atoms with E-state index in [-0.39, 0.29) is 22.8 Å². The smallest absolute Gasteiger partial charge is 0.229 e. The molecule has 2 saturated carbocycles. The maximum atomic E-state index is 13.0. The van der Waals surface area contributed by atoms with Gasteiger partial charge in [-0.3, -0.25) is 9.69 Å². The molecule has 1 spiro atoms. The fourth-order valence-corrected chi connectivity index (χ4v) is 6.94. The maximum absolute atomic E-state index is 13.0. The van der Waals surface area contributed by atoms with Crippen molar-refractivity contribution in [3.63, 3.8) is 0 Å². The Labute approximate surface area is 218 Å². The Kier molecular flexibility index (Phi) is 5.73. The first-order chi connectivity index (χ1) is 18.0. The van der Waals surface area contributed by atoms with E-state index in [1.807, 2.05) is 12.3 Å². The number of ether oxygens (including phenoxy) is 2. The minimum Gasteiger partial charge on any atom is -0.389 e. The van der Waals surface area contributed by atoms with Gasteiger partial charge >= 0.3 is 0 Å². The van der Waals surface area contributed by atoms with Crippen LogP contribution in [0.2, 0.25) is 0 Å². The number of hydrogen-bond donors (Lipinski definition) is 2. The Morgan fingerprint density at radius 3 is 2.57 bits per heavy atom. The van der Waals surface area contributed by atoms with Crippen LogP contribution in [0.4, 0.5) is 11.5 Å². The van der Waals surface area contributed by atoms with Crippen LogP contribution in [0.15, 0.2) is 24.4 Å². The van der Waals surface area contributed by atoms with Crippen LogP contribution in [-0.2, 0) is 14.3 Å². The second-order valence-corrected chi connectivity index (χ2v) is 12.2. The van der Waals surface area contributed by atoms with Gasteiger partial charge in [-0.15, -0.1) is 0 Å². The standard InChI is InChI=1S/C29H38N4O4/c1-28(18-37-17-25(28)34)33-8-6-32(7-9-33)24-13-20-14-26(30-16-21(20)12-22(24)19-2-3-19)31-27(35)23-15-29(23)4-10-36-11-5-29/h12-14,16,19,23,25,34H,2-11,15,17-18H2,1H3,(H,30,31,35). The number of piperazine rings is 1. The molecule has 3 atom stereocenters. The van der Waals surface area contributed by atoms with E-state index in [1.165, 1.54) is 24.1 Å². The number of aliphatic hydroxyl groups excluding tert-OH is 1. The molecule has 37 heavy (non-hydrogen) atoms. The molecule has 1 aromatic carbocycles. The van der Waals surface area contributed by atoms with Crippen LogP contribution >= 0.6 is 0 Å². The molecule has 0 bridgehead atoms. The van der Waals surface area contributed by atoms with Gasteiger partial charge in [0.05, 0.1) is 24.9 Å². The number of nitrogens with one attached hydrogen (secondary N) is 1. The molecule has 1 aromatic heterocycles. The SMILES string of the molecule is CC1(N2CCN(c3cc4cc(NC(=O)C5CC56CCOCC6)ncc4cc3C3CC3)CC2)COCC1O. The summed E-state index contributed by atoms with van der Waals surface area (Å²) in [6.45, 7) is 8.35. The lowest BCUT2D eigenvalue weighted by atomic mass is 9.93. The molecule has 3 aliphatic heterocycles. The van der Waals surface area contributed by atoms with Crippen LogP contribution in [0.3, 0.4) is 0 Å². The highest BCUT2D eigenvalue weighted by Gasteiger charge is 2.58. The summed E-state index contributed by atoms with van der Waals surface area (Å²) in [4.78, 5) is 22.5. The van der Waals surface area contributed by atoms with Gasteiger partial charge in [0.2, 0.25) is 5.91 Å². The molecule has 2 aliphatic carbocycles. The van der Waals surface area contributed by atoms with Crippen molar-refractivity contribution in [2.45, 2.75) is 56.6 Å². The number of nitrogens with zero attached hydrogens (tertiary/aromatic N) is 3. The lowest BCUT2D eigenvalue weighted by Crippen LogP contribution is -2.60. The summed E-state index contributed by atoms with van der Waals surface area (Å²) in [6.07, 6.45) is 6.92. The molecule has 2 aromatic rings. The summed E-state index contributed by atoms with van der Waals surface area (Å²) in [5.41, 5.74) is 2.60. The van der Waals surface area contributed by atoms with Crippen molar-refractivity contribution in [2.75, 3.05) is 62.8 Å². The van der Waals surface area contributed by atoms with Crippen molar-refractivity contribution in [1.29, 1.82) is 0 Å². The molecule has 7 rings (SSSR count). The number of fused-ring (bicyclic) bond motifs is 1. The second kappa shape index (κ2) is 8.90. The number of pyridine rings is 1. The highest BCUT2D eigenvalue weighted by molar-refractivity contribution is 5.97. The minimum absolute atomic E-state index is 0.0867. The third-order valence-electron chi connectivity index (χ3n) is 9.86. The monoisotopic (exact) mass is 506 g/mol. The van der Waals surface area contributed by atoms with E-state index in [0.29, 0.717) is 24.9 Å². The van der Waals surface area contributed by atoms with Crippen LogP contribution < -0.4 is 10.2 Å². The van der Waals surface area contributed by atoms with Gasteiger partial charge in [-0.1, -0.05) is 0 Å². The van der Waals surface area contributed by atoms with Gasteiger partial charge in [-0.2, -0.15) is 0 Å². The molecule has 8 heteroatoms. The van der Waals surface area contributed by atoms with Crippen molar-refractivity contribution in [2.24, 2.45) is 11.3 Å². The molecule has 2 N–H and O–H groups in total. The number of carbonyl (C=O) groups excluding carboxylic acids is 1.